The third kappa shape index (κ3) is 2.76. The predicted octanol–water partition coefficient (Wildman–Crippen LogP) is 2.78. The summed E-state index contributed by atoms with van der Waals surface area (Å²) in [5.41, 5.74) is 2.55. The van der Waals surface area contributed by atoms with Gasteiger partial charge < -0.3 is 4.90 Å². The average Bonchev–Trinajstić information content (AvgIpc) is 2.71. The second kappa shape index (κ2) is 5.17. The van der Waals surface area contributed by atoms with Crippen LogP contribution in [0.15, 0.2) is 36.9 Å². The van der Waals surface area contributed by atoms with Gasteiger partial charge in [0, 0.05) is 25.4 Å². The van der Waals surface area contributed by atoms with Crippen LogP contribution in [0.4, 0.5) is 0 Å². The summed E-state index contributed by atoms with van der Waals surface area (Å²) in [6.07, 6.45) is 3.57. The SMILES string of the molecule is C=CC1CC(=O)N(Cc2ccc(CC)cc2)C1. The predicted molar refractivity (Wildman–Crippen MR) is 69.5 cm³/mol. The number of hydrogen-bond acceptors (Lipinski definition) is 1. The molecule has 17 heavy (non-hydrogen) atoms. The van der Waals surface area contributed by atoms with Crippen LogP contribution in [0.1, 0.15) is 24.5 Å². The van der Waals surface area contributed by atoms with Crippen LogP contribution in [-0.2, 0) is 17.8 Å². The topological polar surface area (TPSA) is 20.3 Å². The highest BCUT2D eigenvalue weighted by atomic mass is 16.2. The highest BCUT2D eigenvalue weighted by Crippen LogP contribution is 2.20. The Labute approximate surface area is 103 Å². The van der Waals surface area contributed by atoms with Crippen molar-refractivity contribution in [3.63, 3.8) is 0 Å². The van der Waals surface area contributed by atoms with E-state index < -0.39 is 0 Å². The summed E-state index contributed by atoms with van der Waals surface area (Å²) in [7, 11) is 0. The number of carbonyl (C=O) groups excluding carboxylic acids is 1. The number of aryl methyl sites for hydroxylation is 1. The lowest BCUT2D eigenvalue weighted by Gasteiger charge is -2.16. The highest BCUT2D eigenvalue weighted by Gasteiger charge is 2.27. The standard InChI is InChI=1S/C15H19NO/c1-3-12-5-7-14(8-6-12)11-16-10-13(4-2)9-15(16)17/h4-8,13H,2-3,9-11H2,1H3. The molecule has 0 spiro atoms. The van der Waals surface area contributed by atoms with Gasteiger partial charge in [0.05, 0.1) is 0 Å². The molecule has 0 bridgehead atoms. The first-order valence-electron chi connectivity index (χ1n) is 6.21. The number of nitrogens with zero attached hydrogens (tertiary/aromatic N) is 1. The van der Waals surface area contributed by atoms with E-state index >= 15 is 0 Å². The molecule has 1 saturated heterocycles. The van der Waals surface area contributed by atoms with Crippen LogP contribution in [0.2, 0.25) is 0 Å². The molecule has 0 radical (unpaired) electrons. The van der Waals surface area contributed by atoms with E-state index in [2.05, 4.69) is 37.8 Å². The van der Waals surface area contributed by atoms with Crippen LogP contribution in [0.5, 0.6) is 0 Å². The summed E-state index contributed by atoms with van der Waals surface area (Å²) in [6, 6.07) is 8.52. The summed E-state index contributed by atoms with van der Waals surface area (Å²) < 4.78 is 0. The third-order valence-corrected chi connectivity index (χ3v) is 3.38. The number of hydrogen-bond donors (Lipinski definition) is 0. The van der Waals surface area contributed by atoms with Crippen molar-refractivity contribution in [1.82, 2.24) is 4.90 Å². The molecular formula is C15H19NO. The molecule has 0 aliphatic carbocycles. The number of carbonyl (C=O) groups is 1. The second-order valence-electron chi connectivity index (χ2n) is 4.64. The molecule has 1 aromatic rings. The van der Waals surface area contributed by atoms with Gasteiger partial charge in [0.1, 0.15) is 0 Å². The van der Waals surface area contributed by atoms with Crippen LogP contribution in [0.25, 0.3) is 0 Å². The Morgan fingerprint density at radius 1 is 1.35 bits per heavy atom. The molecule has 1 aromatic carbocycles. The summed E-state index contributed by atoms with van der Waals surface area (Å²) in [5.74, 6) is 0.576. The van der Waals surface area contributed by atoms with Gasteiger partial charge in [-0.05, 0) is 17.5 Å². The Bertz CT molecular complexity index is 407. The molecule has 1 amide bonds. The Morgan fingerprint density at radius 3 is 2.53 bits per heavy atom. The van der Waals surface area contributed by atoms with Crippen LogP contribution in [0.3, 0.4) is 0 Å². The maximum atomic E-state index is 11.7. The Morgan fingerprint density at radius 2 is 2.00 bits per heavy atom. The minimum absolute atomic E-state index is 0.245. The molecule has 2 rings (SSSR count). The molecule has 0 aromatic heterocycles. The molecule has 1 aliphatic heterocycles. The molecule has 0 saturated carbocycles. The van der Waals surface area contributed by atoms with Crippen LogP contribution in [0, 0.1) is 5.92 Å². The maximum Gasteiger partial charge on any atom is 0.223 e. The second-order valence-corrected chi connectivity index (χ2v) is 4.64. The van der Waals surface area contributed by atoms with Gasteiger partial charge in [0.25, 0.3) is 0 Å². The summed E-state index contributed by atoms with van der Waals surface area (Å²) in [4.78, 5) is 13.7. The molecular weight excluding hydrogens is 210 g/mol. The molecule has 1 heterocycles. The van der Waals surface area contributed by atoms with Gasteiger partial charge in [-0.15, -0.1) is 6.58 Å². The molecule has 1 unspecified atom stereocenters. The Hall–Kier alpha value is -1.57. The normalized spacial score (nSPS) is 19.7. The first-order valence-corrected chi connectivity index (χ1v) is 6.21. The quantitative estimate of drug-likeness (QED) is 0.727. The number of likely N-dealkylation sites (tertiary alicyclic amines) is 1. The first kappa shape index (κ1) is 11.9. The lowest BCUT2D eigenvalue weighted by Crippen LogP contribution is -2.24. The third-order valence-electron chi connectivity index (χ3n) is 3.38. The summed E-state index contributed by atoms with van der Waals surface area (Å²) >= 11 is 0. The zero-order valence-electron chi connectivity index (χ0n) is 10.4. The van der Waals surface area contributed by atoms with Crippen molar-refractivity contribution >= 4 is 5.91 Å². The molecule has 1 atom stereocenters. The van der Waals surface area contributed by atoms with E-state index in [9.17, 15) is 4.79 Å². The Kier molecular flexibility index (Phi) is 3.62. The first-order chi connectivity index (χ1) is 8.22. The highest BCUT2D eigenvalue weighted by molar-refractivity contribution is 5.78. The summed E-state index contributed by atoms with van der Waals surface area (Å²) in [5, 5.41) is 0. The summed E-state index contributed by atoms with van der Waals surface area (Å²) in [6.45, 7) is 7.46. The fourth-order valence-electron chi connectivity index (χ4n) is 2.21. The van der Waals surface area contributed by atoms with E-state index in [0.717, 1.165) is 19.5 Å². The lowest BCUT2D eigenvalue weighted by atomic mass is 10.1. The van der Waals surface area contributed by atoms with Crippen LogP contribution in [-0.4, -0.2) is 17.4 Å². The van der Waals surface area contributed by atoms with Crippen LogP contribution < -0.4 is 0 Å². The van der Waals surface area contributed by atoms with E-state index in [4.69, 9.17) is 0 Å². The van der Waals surface area contributed by atoms with Crippen molar-refractivity contribution in [3.05, 3.63) is 48.0 Å². The van der Waals surface area contributed by atoms with Gasteiger partial charge in [0.2, 0.25) is 5.91 Å². The van der Waals surface area contributed by atoms with E-state index in [1.54, 1.807) is 0 Å². The molecule has 90 valence electrons. The maximum absolute atomic E-state index is 11.7. The van der Waals surface area contributed by atoms with Gasteiger partial charge in [-0.1, -0.05) is 37.3 Å². The fourth-order valence-corrected chi connectivity index (χ4v) is 2.21. The fraction of sp³-hybridized carbons (Fsp3) is 0.400. The molecule has 2 nitrogen and oxygen atoms in total. The van der Waals surface area contributed by atoms with Crippen molar-refractivity contribution in [2.45, 2.75) is 26.3 Å². The number of amides is 1. The van der Waals surface area contributed by atoms with Gasteiger partial charge in [-0.2, -0.15) is 0 Å². The molecule has 0 N–H and O–H groups in total. The molecule has 2 heteroatoms. The van der Waals surface area contributed by atoms with E-state index in [0.29, 0.717) is 12.3 Å². The largest absolute Gasteiger partial charge is 0.338 e. The minimum atomic E-state index is 0.245. The van der Waals surface area contributed by atoms with Gasteiger partial charge >= 0.3 is 0 Å². The van der Waals surface area contributed by atoms with Crippen molar-refractivity contribution in [3.8, 4) is 0 Å². The van der Waals surface area contributed by atoms with Gasteiger partial charge in [0.15, 0.2) is 0 Å². The van der Waals surface area contributed by atoms with Crippen molar-refractivity contribution in [2.24, 2.45) is 5.92 Å². The van der Waals surface area contributed by atoms with E-state index in [-0.39, 0.29) is 5.91 Å². The molecule has 1 aliphatic rings. The zero-order valence-corrected chi connectivity index (χ0v) is 10.4. The average molecular weight is 229 g/mol. The van der Waals surface area contributed by atoms with Crippen molar-refractivity contribution in [2.75, 3.05) is 6.54 Å². The number of rotatable bonds is 4. The zero-order chi connectivity index (χ0) is 12.3. The molecule has 1 fully saturated rings. The van der Waals surface area contributed by atoms with Crippen molar-refractivity contribution in [1.29, 1.82) is 0 Å². The van der Waals surface area contributed by atoms with Crippen molar-refractivity contribution < 1.29 is 4.79 Å². The van der Waals surface area contributed by atoms with Gasteiger partial charge in [-0.25, -0.2) is 0 Å². The van der Waals surface area contributed by atoms with Gasteiger partial charge in [-0.3, -0.25) is 4.79 Å². The van der Waals surface area contributed by atoms with Crippen LogP contribution >= 0.6 is 0 Å². The number of benzene rings is 1. The Balaban J connectivity index is 2.00. The smallest absolute Gasteiger partial charge is 0.223 e. The lowest BCUT2D eigenvalue weighted by molar-refractivity contribution is -0.128. The van der Waals surface area contributed by atoms with E-state index in [1.165, 1.54) is 11.1 Å². The minimum Gasteiger partial charge on any atom is -0.338 e. The monoisotopic (exact) mass is 229 g/mol. The van der Waals surface area contributed by atoms with E-state index in [1.807, 2.05) is 11.0 Å².